The number of rotatable bonds is 7. The summed E-state index contributed by atoms with van der Waals surface area (Å²) in [6.07, 6.45) is 5.67. The summed E-state index contributed by atoms with van der Waals surface area (Å²) in [5, 5.41) is 0. The number of benzene rings is 1. The second kappa shape index (κ2) is 8.68. The Hall–Kier alpha value is -2.17. The molecule has 1 aromatic carbocycles. The maximum Gasteiger partial charge on any atom is 0.330 e. The van der Waals surface area contributed by atoms with Crippen LogP contribution in [0.25, 0.3) is 6.08 Å². The molecular weight excluding hydrogens is 347 g/mol. The molecule has 5 heteroatoms. The number of esters is 2. The third kappa shape index (κ3) is 4.96. The zero-order valence-electron chi connectivity index (χ0n) is 15.9. The van der Waals surface area contributed by atoms with Gasteiger partial charge in [0.25, 0.3) is 0 Å². The van der Waals surface area contributed by atoms with E-state index >= 15 is 0 Å². The average Bonchev–Trinajstić information content (AvgIpc) is 3.17. The van der Waals surface area contributed by atoms with Crippen LogP contribution in [0.5, 0.6) is 0 Å². The van der Waals surface area contributed by atoms with Crippen LogP contribution in [0.4, 0.5) is 4.39 Å². The van der Waals surface area contributed by atoms with Gasteiger partial charge in [0.15, 0.2) is 0 Å². The van der Waals surface area contributed by atoms with Gasteiger partial charge >= 0.3 is 11.9 Å². The number of hydrogen-bond acceptors (Lipinski definition) is 4. The van der Waals surface area contributed by atoms with E-state index in [9.17, 15) is 14.0 Å². The Morgan fingerprint density at radius 2 is 1.78 bits per heavy atom. The molecule has 0 radical (unpaired) electrons. The topological polar surface area (TPSA) is 52.6 Å². The van der Waals surface area contributed by atoms with Crippen molar-refractivity contribution in [1.29, 1.82) is 0 Å². The largest absolute Gasteiger partial charge is 0.462 e. The lowest BCUT2D eigenvalue weighted by Gasteiger charge is -2.31. The molecule has 0 heterocycles. The number of halogens is 1. The molecule has 2 fully saturated rings. The van der Waals surface area contributed by atoms with Crippen molar-refractivity contribution in [2.24, 2.45) is 29.6 Å². The van der Waals surface area contributed by atoms with E-state index in [0.29, 0.717) is 29.7 Å². The van der Waals surface area contributed by atoms with Gasteiger partial charge in [-0.2, -0.15) is 0 Å². The Labute approximate surface area is 159 Å². The molecule has 2 aliphatic carbocycles. The van der Waals surface area contributed by atoms with Gasteiger partial charge < -0.3 is 9.47 Å². The molecule has 4 unspecified atom stereocenters. The molecule has 2 bridgehead atoms. The smallest absolute Gasteiger partial charge is 0.330 e. The van der Waals surface area contributed by atoms with Gasteiger partial charge in [0, 0.05) is 12.5 Å². The van der Waals surface area contributed by atoms with Crippen molar-refractivity contribution in [3.8, 4) is 0 Å². The fraction of sp³-hybridized carbons (Fsp3) is 0.545. The number of carbonyl (C=O) groups excluding carboxylic acids is 2. The van der Waals surface area contributed by atoms with Crippen LogP contribution in [0.15, 0.2) is 30.3 Å². The van der Waals surface area contributed by atoms with Gasteiger partial charge in [0.05, 0.1) is 0 Å². The first-order valence-corrected chi connectivity index (χ1v) is 9.70. The molecule has 0 aromatic heterocycles. The van der Waals surface area contributed by atoms with Gasteiger partial charge in [-0.05, 0) is 66.2 Å². The summed E-state index contributed by atoms with van der Waals surface area (Å²) in [7, 11) is 0. The summed E-state index contributed by atoms with van der Waals surface area (Å²) in [5.74, 6) is 2.25. The summed E-state index contributed by atoms with van der Waals surface area (Å²) in [6, 6.07) is 5.78. The Morgan fingerprint density at radius 1 is 1.07 bits per heavy atom. The van der Waals surface area contributed by atoms with E-state index in [2.05, 4.69) is 13.8 Å². The van der Waals surface area contributed by atoms with Gasteiger partial charge in [-0.15, -0.1) is 0 Å². The van der Waals surface area contributed by atoms with E-state index in [1.54, 1.807) is 18.2 Å². The van der Waals surface area contributed by atoms with E-state index < -0.39 is 5.97 Å². The van der Waals surface area contributed by atoms with Crippen molar-refractivity contribution in [2.75, 3.05) is 13.2 Å². The first-order valence-electron chi connectivity index (χ1n) is 9.70. The molecule has 0 N–H and O–H groups in total. The number of fused-ring (bicyclic) bond motifs is 2. The minimum Gasteiger partial charge on any atom is -0.462 e. The maximum absolute atomic E-state index is 12.8. The zero-order valence-corrected chi connectivity index (χ0v) is 15.9. The highest BCUT2D eigenvalue weighted by molar-refractivity contribution is 5.87. The van der Waals surface area contributed by atoms with Crippen LogP contribution < -0.4 is 0 Å². The second-order valence-electron chi connectivity index (χ2n) is 7.85. The van der Waals surface area contributed by atoms with Crippen molar-refractivity contribution in [1.82, 2.24) is 0 Å². The molecule has 3 rings (SSSR count). The van der Waals surface area contributed by atoms with E-state index in [-0.39, 0.29) is 25.0 Å². The van der Waals surface area contributed by atoms with Crippen molar-refractivity contribution in [3.63, 3.8) is 0 Å². The van der Waals surface area contributed by atoms with Gasteiger partial charge in [0.1, 0.15) is 19.0 Å². The van der Waals surface area contributed by atoms with Crippen LogP contribution in [0.3, 0.4) is 0 Å². The quantitative estimate of drug-likeness (QED) is 0.407. The van der Waals surface area contributed by atoms with Crippen LogP contribution >= 0.6 is 0 Å². The number of carbonyl (C=O) groups is 2. The maximum atomic E-state index is 12.8. The Morgan fingerprint density at radius 3 is 2.44 bits per heavy atom. The minimum atomic E-state index is -0.522. The molecule has 27 heavy (non-hydrogen) atoms. The lowest BCUT2D eigenvalue weighted by molar-refractivity contribution is -0.151. The van der Waals surface area contributed by atoms with Gasteiger partial charge in [-0.1, -0.05) is 26.0 Å². The summed E-state index contributed by atoms with van der Waals surface area (Å²) < 4.78 is 23.0. The van der Waals surface area contributed by atoms with Crippen molar-refractivity contribution in [2.45, 2.75) is 33.1 Å². The van der Waals surface area contributed by atoms with Crippen LogP contribution in [0, 0.1) is 35.4 Å². The molecule has 146 valence electrons. The average molecular weight is 374 g/mol. The Kier molecular flexibility index (Phi) is 6.30. The summed E-state index contributed by atoms with van der Waals surface area (Å²) in [6.45, 7) is 4.72. The third-order valence-electron chi connectivity index (χ3n) is 6.34. The van der Waals surface area contributed by atoms with Crippen LogP contribution in [-0.2, 0) is 19.1 Å². The minimum absolute atomic E-state index is 0.0302. The Balaban J connectivity index is 1.31. The Bertz CT molecular complexity index is 695. The van der Waals surface area contributed by atoms with E-state index in [0.717, 1.165) is 18.3 Å². The lowest BCUT2D eigenvalue weighted by Crippen LogP contribution is -2.27. The normalized spacial score (nSPS) is 29.2. The fourth-order valence-electron chi connectivity index (χ4n) is 4.69. The lowest BCUT2D eigenvalue weighted by atomic mass is 9.74. The highest BCUT2D eigenvalue weighted by atomic mass is 19.1. The predicted molar refractivity (Wildman–Crippen MR) is 100 cm³/mol. The zero-order chi connectivity index (χ0) is 19.4. The summed E-state index contributed by atoms with van der Waals surface area (Å²) in [4.78, 5) is 23.7. The molecule has 0 saturated heterocycles. The van der Waals surface area contributed by atoms with Crippen LogP contribution in [0.1, 0.15) is 38.7 Å². The molecule has 2 saturated carbocycles. The predicted octanol–water partition coefficient (Wildman–Crippen LogP) is 4.24. The second-order valence-corrected chi connectivity index (χ2v) is 7.85. The standard InChI is InChI=1S/C22H27FO4/c1-14-15(2)20-12-17(14)11-18(20)13-22(25)27-10-9-26-21(24)8-5-16-3-6-19(23)7-4-16/h3-8,14-15,17-18,20H,9-13H2,1-2H3/b8-5+/t14?,15?,17?,18?,20-/m1/s1. The number of hydrogen-bond donors (Lipinski definition) is 0. The molecular formula is C22H27FO4. The molecule has 1 aromatic rings. The van der Waals surface area contributed by atoms with Gasteiger partial charge in [-0.25, -0.2) is 9.18 Å². The highest BCUT2D eigenvalue weighted by Gasteiger charge is 2.48. The van der Waals surface area contributed by atoms with E-state index in [1.807, 2.05) is 0 Å². The third-order valence-corrected chi connectivity index (χ3v) is 6.34. The summed E-state index contributed by atoms with van der Waals surface area (Å²) >= 11 is 0. The molecule has 0 aliphatic heterocycles. The van der Waals surface area contributed by atoms with Crippen molar-refractivity contribution < 1.29 is 23.5 Å². The van der Waals surface area contributed by atoms with Gasteiger partial charge in [-0.3, -0.25) is 4.79 Å². The van der Waals surface area contributed by atoms with Crippen molar-refractivity contribution >= 4 is 18.0 Å². The van der Waals surface area contributed by atoms with E-state index in [1.165, 1.54) is 24.6 Å². The highest BCUT2D eigenvalue weighted by Crippen LogP contribution is 2.55. The summed E-state index contributed by atoms with van der Waals surface area (Å²) in [5.41, 5.74) is 0.703. The molecule has 0 spiro atoms. The molecule has 2 aliphatic rings. The molecule has 5 atom stereocenters. The first-order chi connectivity index (χ1) is 12.9. The monoisotopic (exact) mass is 374 g/mol. The van der Waals surface area contributed by atoms with Crippen molar-refractivity contribution in [3.05, 3.63) is 41.7 Å². The number of ether oxygens (including phenoxy) is 2. The SMILES string of the molecule is CC1C2CC(CC(=O)OCCOC(=O)/C=C/c3ccc(F)cc3)[C@H](C2)C1C. The molecule has 0 amide bonds. The fourth-order valence-corrected chi connectivity index (χ4v) is 4.69. The molecule has 4 nitrogen and oxygen atoms in total. The van der Waals surface area contributed by atoms with Crippen LogP contribution in [0.2, 0.25) is 0 Å². The van der Waals surface area contributed by atoms with Gasteiger partial charge in [0.2, 0.25) is 0 Å². The first kappa shape index (κ1) is 19.6. The van der Waals surface area contributed by atoms with E-state index in [4.69, 9.17) is 9.47 Å². The van der Waals surface area contributed by atoms with Crippen LogP contribution in [-0.4, -0.2) is 25.2 Å².